The third-order valence-corrected chi connectivity index (χ3v) is 1.54. The molecule has 0 atom stereocenters. The molecule has 1 rings (SSSR count). The van der Waals surface area contributed by atoms with Crippen molar-refractivity contribution >= 4 is 5.76 Å². The van der Waals surface area contributed by atoms with Crippen molar-refractivity contribution < 1.29 is 4.74 Å². The van der Waals surface area contributed by atoms with E-state index in [1.54, 1.807) is 7.11 Å². The van der Waals surface area contributed by atoms with Gasteiger partial charge >= 0.3 is 0 Å². The topological polar surface area (TPSA) is 9.23 Å². The van der Waals surface area contributed by atoms with Gasteiger partial charge in [0.05, 0.1) is 7.11 Å². The van der Waals surface area contributed by atoms with Gasteiger partial charge in [-0.3, -0.25) is 0 Å². The normalized spacial score (nSPS) is 11.3. The Morgan fingerprint density at radius 1 is 1.27 bits per heavy atom. The third-order valence-electron chi connectivity index (χ3n) is 1.54. The molecular formula is C10H12O. The molecule has 0 fully saturated rings. The van der Waals surface area contributed by atoms with Crippen LogP contribution in [0, 0.1) is 0 Å². The molecule has 0 heterocycles. The lowest BCUT2D eigenvalue weighted by Gasteiger charge is -2.03. The van der Waals surface area contributed by atoms with Crippen LogP contribution < -0.4 is 0 Å². The molecule has 0 saturated heterocycles. The van der Waals surface area contributed by atoms with Crippen molar-refractivity contribution in [3.63, 3.8) is 0 Å². The Balaban J connectivity index is 2.92. The molecule has 1 heteroatoms. The van der Waals surface area contributed by atoms with Crippen molar-refractivity contribution in [2.45, 2.75) is 6.92 Å². The molecule has 0 N–H and O–H groups in total. The lowest BCUT2D eigenvalue weighted by molar-refractivity contribution is 0.369. The highest BCUT2D eigenvalue weighted by atomic mass is 16.5. The van der Waals surface area contributed by atoms with Gasteiger partial charge in [-0.2, -0.15) is 0 Å². The minimum atomic E-state index is 0.922. The molecular weight excluding hydrogens is 136 g/mol. The quantitative estimate of drug-likeness (QED) is 0.586. The van der Waals surface area contributed by atoms with Gasteiger partial charge in [-0.25, -0.2) is 0 Å². The van der Waals surface area contributed by atoms with Crippen molar-refractivity contribution in [1.29, 1.82) is 0 Å². The first-order valence-corrected chi connectivity index (χ1v) is 3.64. The summed E-state index contributed by atoms with van der Waals surface area (Å²) in [5, 5.41) is 0. The van der Waals surface area contributed by atoms with Gasteiger partial charge in [-0.05, 0) is 13.0 Å². The number of hydrogen-bond donors (Lipinski definition) is 0. The highest BCUT2D eigenvalue weighted by Gasteiger charge is 1.95. The van der Waals surface area contributed by atoms with Crippen LogP contribution in [0.3, 0.4) is 0 Å². The van der Waals surface area contributed by atoms with Gasteiger partial charge in [0.25, 0.3) is 0 Å². The molecule has 0 aliphatic rings. The van der Waals surface area contributed by atoms with Crippen LogP contribution in [0.25, 0.3) is 5.76 Å². The van der Waals surface area contributed by atoms with Crippen LogP contribution in [0.1, 0.15) is 12.5 Å². The fourth-order valence-corrected chi connectivity index (χ4v) is 1.00. The summed E-state index contributed by atoms with van der Waals surface area (Å²) >= 11 is 0. The van der Waals surface area contributed by atoms with Crippen LogP contribution in [0.5, 0.6) is 0 Å². The number of allylic oxidation sites excluding steroid dienone is 1. The summed E-state index contributed by atoms with van der Waals surface area (Å²) in [6, 6.07) is 10.0. The summed E-state index contributed by atoms with van der Waals surface area (Å²) in [4.78, 5) is 0. The van der Waals surface area contributed by atoms with Gasteiger partial charge in [-0.1, -0.05) is 30.3 Å². The lowest BCUT2D eigenvalue weighted by atomic mass is 10.2. The molecule has 11 heavy (non-hydrogen) atoms. The molecule has 0 bridgehead atoms. The molecule has 0 aliphatic carbocycles. The van der Waals surface area contributed by atoms with Crippen molar-refractivity contribution in [2.75, 3.05) is 7.11 Å². The van der Waals surface area contributed by atoms with Crippen LogP contribution in [0.2, 0.25) is 0 Å². The predicted octanol–water partition coefficient (Wildman–Crippen LogP) is 2.69. The number of rotatable bonds is 2. The van der Waals surface area contributed by atoms with E-state index in [2.05, 4.69) is 0 Å². The van der Waals surface area contributed by atoms with Gasteiger partial charge in [0.2, 0.25) is 0 Å². The van der Waals surface area contributed by atoms with E-state index in [4.69, 9.17) is 4.74 Å². The van der Waals surface area contributed by atoms with E-state index in [0.717, 1.165) is 11.3 Å². The first-order chi connectivity index (χ1) is 5.38. The lowest BCUT2D eigenvalue weighted by Crippen LogP contribution is -1.84. The van der Waals surface area contributed by atoms with Crippen molar-refractivity contribution in [3.8, 4) is 0 Å². The Morgan fingerprint density at radius 2 is 1.91 bits per heavy atom. The Kier molecular flexibility index (Phi) is 2.73. The van der Waals surface area contributed by atoms with E-state index in [9.17, 15) is 0 Å². The molecule has 1 nitrogen and oxygen atoms in total. The minimum absolute atomic E-state index is 0.922. The average molecular weight is 148 g/mol. The van der Waals surface area contributed by atoms with Crippen LogP contribution in [0.15, 0.2) is 36.4 Å². The molecule has 0 amide bonds. The second kappa shape index (κ2) is 3.81. The molecule has 58 valence electrons. The Morgan fingerprint density at radius 3 is 2.36 bits per heavy atom. The fourth-order valence-electron chi connectivity index (χ4n) is 1.00. The van der Waals surface area contributed by atoms with Gasteiger partial charge in [0, 0.05) is 5.56 Å². The van der Waals surface area contributed by atoms with Crippen molar-refractivity contribution in [2.24, 2.45) is 0 Å². The fraction of sp³-hybridized carbons (Fsp3) is 0.200. The Labute approximate surface area is 67.3 Å². The second-order valence-electron chi connectivity index (χ2n) is 2.22. The van der Waals surface area contributed by atoms with Crippen LogP contribution in [0.4, 0.5) is 0 Å². The minimum Gasteiger partial charge on any atom is -0.496 e. The Bertz CT molecular complexity index is 236. The van der Waals surface area contributed by atoms with Gasteiger partial charge in [0.1, 0.15) is 5.76 Å². The van der Waals surface area contributed by atoms with E-state index in [1.165, 1.54) is 0 Å². The predicted molar refractivity (Wildman–Crippen MR) is 47.1 cm³/mol. The maximum absolute atomic E-state index is 5.15. The summed E-state index contributed by atoms with van der Waals surface area (Å²) in [5.74, 6) is 0.922. The van der Waals surface area contributed by atoms with Crippen LogP contribution in [-0.2, 0) is 4.74 Å². The van der Waals surface area contributed by atoms with E-state index in [-0.39, 0.29) is 0 Å². The summed E-state index contributed by atoms with van der Waals surface area (Å²) in [7, 11) is 1.68. The summed E-state index contributed by atoms with van der Waals surface area (Å²) < 4.78 is 5.15. The van der Waals surface area contributed by atoms with Crippen LogP contribution >= 0.6 is 0 Å². The number of benzene rings is 1. The number of methoxy groups -OCH3 is 1. The third kappa shape index (κ3) is 1.84. The average Bonchev–Trinajstić information content (AvgIpc) is 2.09. The van der Waals surface area contributed by atoms with Crippen molar-refractivity contribution in [1.82, 2.24) is 0 Å². The monoisotopic (exact) mass is 148 g/mol. The Hall–Kier alpha value is -1.24. The van der Waals surface area contributed by atoms with E-state index in [1.807, 2.05) is 43.3 Å². The van der Waals surface area contributed by atoms with E-state index in [0.29, 0.717) is 0 Å². The number of ether oxygens (including phenoxy) is 1. The van der Waals surface area contributed by atoms with Gasteiger partial charge < -0.3 is 4.74 Å². The summed E-state index contributed by atoms with van der Waals surface area (Å²) in [6.45, 7) is 1.96. The first kappa shape index (κ1) is 7.86. The molecule has 1 aromatic rings. The zero-order valence-corrected chi connectivity index (χ0v) is 6.87. The zero-order valence-electron chi connectivity index (χ0n) is 6.87. The first-order valence-electron chi connectivity index (χ1n) is 3.64. The highest BCUT2D eigenvalue weighted by molar-refractivity contribution is 5.58. The molecule has 0 unspecified atom stereocenters. The van der Waals surface area contributed by atoms with Gasteiger partial charge in [-0.15, -0.1) is 0 Å². The molecule has 1 aromatic carbocycles. The maximum Gasteiger partial charge on any atom is 0.121 e. The van der Waals surface area contributed by atoms with Crippen molar-refractivity contribution in [3.05, 3.63) is 42.0 Å². The second-order valence-corrected chi connectivity index (χ2v) is 2.22. The maximum atomic E-state index is 5.15. The standard InChI is InChI=1S/C10H12O/c1-3-10(11-2)9-7-5-4-6-8-9/h3-8H,1-2H3. The smallest absolute Gasteiger partial charge is 0.121 e. The SMILES string of the molecule is CC=C(OC)c1ccccc1. The van der Waals surface area contributed by atoms with E-state index < -0.39 is 0 Å². The van der Waals surface area contributed by atoms with E-state index >= 15 is 0 Å². The van der Waals surface area contributed by atoms with Gasteiger partial charge in [0.15, 0.2) is 0 Å². The highest BCUT2D eigenvalue weighted by Crippen LogP contribution is 2.13. The van der Waals surface area contributed by atoms with Crippen LogP contribution in [-0.4, -0.2) is 7.11 Å². The zero-order chi connectivity index (χ0) is 8.10. The molecule has 0 saturated carbocycles. The molecule has 0 spiro atoms. The molecule has 0 aromatic heterocycles. The number of hydrogen-bond acceptors (Lipinski definition) is 1. The largest absolute Gasteiger partial charge is 0.496 e. The summed E-state index contributed by atoms with van der Waals surface area (Å²) in [6.07, 6.45) is 1.95. The molecule has 0 radical (unpaired) electrons. The molecule has 0 aliphatic heterocycles. The summed E-state index contributed by atoms with van der Waals surface area (Å²) in [5.41, 5.74) is 1.12.